The van der Waals surface area contributed by atoms with Crippen molar-refractivity contribution in [2.45, 2.75) is 18.7 Å². The number of primary sulfonamides is 1. The van der Waals surface area contributed by atoms with E-state index in [4.69, 9.17) is 5.14 Å². The number of para-hydroxylation sites is 1. The third-order valence-corrected chi connectivity index (χ3v) is 3.77. The smallest absolute Gasteiger partial charge is 0.259 e. The van der Waals surface area contributed by atoms with Gasteiger partial charge in [-0.1, -0.05) is 12.1 Å². The highest BCUT2D eigenvalue weighted by atomic mass is 32.2. The lowest BCUT2D eigenvalue weighted by Crippen LogP contribution is -2.19. The summed E-state index contributed by atoms with van der Waals surface area (Å²) in [5.41, 5.74) is 1.66. The summed E-state index contributed by atoms with van der Waals surface area (Å²) in [6, 6.07) is 5.95. The Morgan fingerprint density at radius 1 is 1.30 bits per heavy atom. The predicted molar refractivity (Wildman–Crippen MR) is 73.8 cm³/mol. The first-order chi connectivity index (χ1) is 9.30. The Hall–Kier alpha value is -2.19. The van der Waals surface area contributed by atoms with E-state index in [-0.39, 0.29) is 10.6 Å². The van der Waals surface area contributed by atoms with Crippen LogP contribution >= 0.6 is 0 Å². The van der Waals surface area contributed by atoms with Crippen molar-refractivity contribution in [3.05, 3.63) is 41.2 Å². The molecule has 2 rings (SSSR count). The maximum atomic E-state index is 12.2. The second-order valence-corrected chi connectivity index (χ2v) is 5.83. The van der Waals surface area contributed by atoms with Gasteiger partial charge >= 0.3 is 0 Å². The van der Waals surface area contributed by atoms with E-state index in [0.29, 0.717) is 17.0 Å². The third-order valence-electron chi connectivity index (χ3n) is 2.80. The fourth-order valence-electron chi connectivity index (χ4n) is 1.89. The zero-order valence-electron chi connectivity index (χ0n) is 11.0. The minimum atomic E-state index is -3.91. The monoisotopic (exact) mass is 294 g/mol. The number of aromatic nitrogens is 2. The summed E-state index contributed by atoms with van der Waals surface area (Å²) in [4.78, 5) is 12.1. The maximum absolute atomic E-state index is 12.2. The van der Waals surface area contributed by atoms with E-state index in [9.17, 15) is 13.2 Å². The molecule has 0 spiro atoms. The molecule has 0 aliphatic carbocycles. The van der Waals surface area contributed by atoms with Crippen LogP contribution in [-0.2, 0) is 10.0 Å². The number of benzene rings is 1. The lowest BCUT2D eigenvalue weighted by Gasteiger charge is -2.09. The van der Waals surface area contributed by atoms with Gasteiger partial charge in [-0.3, -0.25) is 9.89 Å². The highest BCUT2D eigenvalue weighted by Crippen LogP contribution is 2.21. The van der Waals surface area contributed by atoms with Crippen molar-refractivity contribution >= 4 is 21.6 Å². The van der Waals surface area contributed by atoms with Crippen LogP contribution in [0.15, 0.2) is 29.2 Å². The number of hydrogen-bond acceptors (Lipinski definition) is 4. The number of nitrogens with one attached hydrogen (secondary N) is 2. The number of nitrogens with zero attached hydrogens (tertiary/aromatic N) is 1. The molecular weight excluding hydrogens is 280 g/mol. The van der Waals surface area contributed by atoms with Gasteiger partial charge in [-0.25, -0.2) is 13.6 Å². The molecular formula is C12H14N4O3S. The predicted octanol–water partition coefficient (Wildman–Crippen LogP) is 0.926. The number of aromatic amines is 1. The van der Waals surface area contributed by atoms with Crippen LogP contribution in [0.4, 0.5) is 5.69 Å². The average Bonchev–Trinajstić information content (AvgIpc) is 2.68. The minimum Gasteiger partial charge on any atom is -0.321 e. The highest BCUT2D eigenvalue weighted by molar-refractivity contribution is 7.89. The fourth-order valence-corrected chi connectivity index (χ4v) is 2.58. The van der Waals surface area contributed by atoms with Gasteiger partial charge in [0.1, 0.15) is 4.90 Å². The number of sulfonamides is 1. The highest BCUT2D eigenvalue weighted by Gasteiger charge is 2.19. The van der Waals surface area contributed by atoms with E-state index in [2.05, 4.69) is 15.5 Å². The van der Waals surface area contributed by atoms with Gasteiger partial charge in [0.2, 0.25) is 10.0 Å². The molecule has 0 aliphatic rings. The van der Waals surface area contributed by atoms with Crippen molar-refractivity contribution in [2.24, 2.45) is 5.14 Å². The first-order valence-corrected chi connectivity index (χ1v) is 7.30. The fraction of sp³-hybridized carbons (Fsp3) is 0.167. The molecule has 8 heteroatoms. The Labute approximate surface area is 116 Å². The van der Waals surface area contributed by atoms with Crippen molar-refractivity contribution < 1.29 is 13.2 Å². The second-order valence-electron chi connectivity index (χ2n) is 4.30. The van der Waals surface area contributed by atoms with Crippen molar-refractivity contribution in [1.82, 2.24) is 10.2 Å². The zero-order valence-corrected chi connectivity index (χ0v) is 11.8. The molecule has 4 N–H and O–H groups in total. The van der Waals surface area contributed by atoms with Gasteiger partial charge in [-0.15, -0.1) is 0 Å². The number of carbonyl (C=O) groups is 1. The molecule has 0 saturated carbocycles. The van der Waals surface area contributed by atoms with Crippen LogP contribution in [0.25, 0.3) is 0 Å². The molecule has 0 bridgehead atoms. The van der Waals surface area contributed by atoms with E-state index in [1.54, 1.807) is 19.9 Å². The lowest BCUT2D eigenvalue weighted by molar-refractivity contribution is 0.102. The number of H-pyrrole nitrogens is 1. The van der Waals surface area contributed by atoms with Gasteiger partial charge in [0.15, 0.2) is 0 Å². The Kier molecular flexibility index (Phi) is 3.60. The van der Waals surface area contributed by atoms with Crippen molar-refractivity contribution in [2.75, 3.05) is 5.32 Å². The summed E-state index contributed by atoms with van der Waals surface area (Å²) in [5, 5.41) is 14.3. The number of anilines is 1. The number of aryl methyl sites for hydroxylation is 2. The Balaban J connectivity index is 2.39. The van der Waals surface area contributed by atoms with E-state index in [1.807, 2.05) is 0 Å². The van der Waals surface area contributed by atoms with E-state index >= 15 is 0 Å². The molecule has 1 heterocycles. The zero-order chi connectivity index (χ0) is 14.9. The molecule has 0 unspecified atom stereocenters. The van der Waals surface area contributed by atoms with E-state index in [0.717, 1.165) is 0 Å². The number of amides is 1. The molecule has 1 aromatic carbocycles. The van der Waals surface area contributed by atoms with Crippen LogP contribution in [0.1, 0.15) is 21.7 Å². The van der Waals surface area contributed by atoms with Crippen molar-refractivity contribution in [3.8, 4) is 0 Å². The van der Waals surface area contributed by atoms with Crippen LogP contribution in [-0.4, -0.2) is 24.5 Å². The maximum Gasteiger partial charge on any atom is 0.259 e. The standard InChI is InChI=1S/C12H14N4O3S/c1-7-11(8(2)16-15-7)12(17)14-9-5-3-4-6-10(9)20(13,18)19/h3-6H,1-2H3,(H,14,17)(H,15,16)(H2,13,18,19). The lowest BCUT2D eigenvalue weighted by atomic mass is 10.2. The normalized spacial score (nSPS) is 11.3. The summed E-state index contributed by atoms with van der Waals surface area (Å²) >= 11 is 0. The van der Waals surface area contributed by atoms with Gasteiger partial charge in [0.05, 0.1) is 16.9 Å². The molecule has 7 nitrogen and oxygen atoms in total. The number of hydrogen-bond donors (Lipinski definition) is 3. The van der Waals surface area contributed by atoms with Gasteiger partial charge in [0, 0.05) is 5.69 Å². The molecule has 0 aliphatic heterocycles. The third kappa shape index (κ3) is 2.70. The summed E-state index contributed by atoms with van der Waals surface area (Å²) in [6.45, 7) is 3.39. The quantitative estimate of drug-likeness (QED) is 0.780. The topological polar surface area (TPSA) is 118 Å². The number of nitrogens with two attached hydrogens (primary N) is 1. The molecule has 0 saturated heterocycles. The first-order valence-electron chi connectivity index (χ1n) is 5.75. The minimum absolute atomic E-state index is 0.132. The Bertz CT molecular complexity index is 745. The summed E-state index contributed by atoms with van der Waals surface area (Å²) in [5.74, 6) is -0.440. The van der Waals surface area contributed by atoms with Crippen molar-refractivity contribution in [3.63, 3.8) is 0 Å². The summed E-state index contributed by atoms with van der Waals surface area (Å²) < 4.78 is 22.9. The average molecular weight is 294 g/mol. The van der Waals surface area contributed by atoms with Gasteiger partial charge in [-0.2, -0.15) is 5.10 Å². The SMILES string of the molecule is Cc1n[nH]c(C)c1C(=O)Nc1ccccc1S(N)(=O)=O. The molecule has 1 amide bonds. The van der Waals surface area contributed by atoms with Crippen LogP contribution < -0.4 is 10.5 Å². The molecule has 20 heavy (non-hydrogen) atoms. The van der Waals surface area contributed by atoms with Gasteiger partial charge < -0.3 is 5.32 Å². The Morgan fingerprint density at radius 3 is 2.50 bits per heavy atom. The molecule has 2 aromatic rings. The van der Waals surface area contributed by atoms with Crippen molar-refractivity contribution in [1.29, 1.82) is 0 Å². The van der Waals surface area contributed by atoms with E-state index in [1.165, 1.54) is 18.2 Å². The molecule has 0 fully saturated rings. The van der Waals surface area contributed by atoms with Gasteiger partial charge in [0.25, 0.3) is 5.91 Å². The Morgan fingerprint density at radius 2 is 1.95 bits per heavy atom. The second kappa shape index (κ2) is 5.06. The van der Waals surface area contributed by atoms with Crippen LogP contribution in [0.5, 0.6) is 0 Å². The molecule has 106 valence electrons. The molecule has 0 radical (unpaired) electrons. The summed E-state index contributed by atoms with van der Waals surface area (Å²) in [6.07, 6.45) is 0. The molecule has 0 atom stereocenters. The van der Waals surface area contributed by atoms with Crippen LogP contribution in [0, 0.1) is 13.8 Å². The van der Waals surface area contributed by atoms with Crippen LogP contribution in [0.3, 0.4) is 0 Å². The first kappa shape index (κ1) is 14.2. The molecule has 1 aromatic heterocycles. The van der Waals surface area contributed by atoms with E-state index < -0.39 is 15.9 Å². The summed E-state index contributed by atoms with van der Waals surface area (Å²) in [7, 11) is -3.91. The van der Waals surface area contributed by atoms with Gasteiger partial charge in [-0.05, 0) is 26.0 Å². The largest absolute Gasteiger partial charge is 0.321 e. The number of carbonyl (C=O) groups excluding carboxylic acids is 1. The van der Waals surface area contributed by atoms with Crippen LogP contribution in [0.2, 0.25) is 0 Å². The number of rotatable bonds is 3.